The number of carboxylic acid groups (broad SMARTS) is 1. The number of likely N-dealkylation sites (N-methyl/N-ethyl adjacent to an activating group) is 2. The summed E-state index contributed by atoms with van der Waals surface area (Å²) in [6.45, 7) is 12.9. The minimum absolute atomic E-state index is 0.161. The van der Waals surface area contributed by atoms with E-state index in [0.717, 1.165) is 5.56 Å². The molecule has 1 rings (SSSR count). The van der Waals surface area contributed by atoms with E-state index in [1.54, 1.807) is 21.0 Å². The average molecular weight is 446 g/mol. The van der Waals surface area contributed by atoms with Crippen molar-refractivity contribution in [2.45, 2.75) is 72.0 Å². The molecule has 1 aromatic carbocycles. The molecule has 0 fully saturated rings. The van der Waals surface area contributed by atoms with E-state index in [1.807, 2.05) is 65.0 Å². The van der Waals surface area contributed by atoms with Crippen LogP contribution in [-0.4, -0.2) is 60.0 Å². The predicted octanol–water partition coefficient (Wildman–Crippen LogP) is 2.96. The number of nitrogens with zero attached hydrogens (tertiary/aromatic N) is 1. The van der Waals surface area contributed by atoms with Crippen molar-refractivity contribution < 1.29 is 19.5 Å². The molecule has 3 N–H and O–H groups in total. The summed E-state index contributed by atoms with van der Waals surface area (Å²) in [5.41, 5.74) is 0.0922. The van der Waals surface area contributed by atoms with Gasteiger partial charge in [-0.25, -0.2) is 4.79 Å². The summed E-state index contributed by atoms with van der Waals surface area (Å²) >= 11 is 0. The molecule has 0 aliphatic carbocycles. The first kappa shape index (κ1) is 27.4. The van der Waals surface area contributed by atoms with Crippen LogP contribution in [0.2, 0.25) is 0 Å². The lowest BCUT2D eigenvalue weighted by molar-refractivity contribution is -0.140. The van der Waals surface area contributed by atoms with E-state index in [1.165, 1.54) is 17.9 Å². The van der Waals surface area contributed by atoms with E-state index in [0.29, 0.717) is 0 Å². The van der Waals surface area contributed by atoms with Gasteiger partial charge in [-0.3, -0.25) is 9.59 Å². The summed E-state index contributed by atoms with van der Waals surface area (Å²) < 4.78 is 0. The minimum atomic E-state index is -1.03. The molecule has 7 nitrogen and oxygen atoms in total. The SMILES string of the molecule is CN[C@@H](C(=O)N[C@H](C(=O)N(C)[C@@H](C)C=C(C)C(=O)O)C(C)(C)C)C(C)(C)c1ccccc1. The molecule has 3 atom stereocenters. The van der Waals surface area contributed by atoms with E-state index in [4.69, 9.17) is 5.11 Å². The molecule has 2 amide bonds. The van der Waals surface area contributed by atoms with Crippen molar-refractivity contribution in [1.29, 1.82) is 0 Å². The standard InChI is InChI=1S/C25H39N3O4/c1-16(23(31)32)15-17(2)28(9)22(30)20(24(3,4)5)27-21(29)19(26-8)25(6,7)18-13-11-10-12-14-18/h10-15,17,19-20,26H,1-9H3,(H,27,29)(H,31,32)/t17-,19-,20+/m0/s1. The minimum Gasteiger partial charge on any atom is -0.478 e. The summed E-state index contributed by atoms with van der Waals surface area (Å²) in [7, 11) is 3.35. The fourth-order valence-corrected chi connectivity index (χ4v) is 3.68. The van der Waals surface area contributed by atoms with Crippen LogP contribution in [-0.2, 0) is 19.8 Å². The van der Waals surface area contributed by atoms with Crippen LogP contribution in [0.4, 0.5) is 0 Å². The lowest BCUT2D eigenvalue weighted by Crippen LogP contribution is -2.61. The largest absolute Gasteiger partial charge is 0.478 e. The van der Waals surface area contributed by atoms with E-state index in [2.05, 4.69) is 10.6 Å². The van der Waals surface area contributed by atoms with Gasteiger partial charge in [-0.05, 0) is 31.9 Å². The van der Waals surface area contributed by atoms with Crippen molar-refractivity contribution in [2.24, 2.45) is 5.41 Å². The van der Waals surface area contributed by atoms with Gasteiger partial charge in [0.05, 0.1) is 6.04 Å². The van der Waals surface area contributed by atoms with Gasteiger partial charge in [0, 0.05) is 24.1 Å². The second-order valence-electron chi connectivity index (χ2n) is 9.96. The number of nitrogens with one attached hydrogen (secondary N) is 2. The smallest absolute Gasteiger partial charge is 0.331 e. The van der Waals surface area contributed by atoms with Gasteiger partial charge in [-0.15, -0.1) is 0 Å². The van der Waals surface area contributed by atoms with E-state index < -0.39 is 34.9 Å². The van der Waals surface area contributed by atoms with Crippen molar-refractivity contribution >= 4 is 17.8 Å². The van der Waals surface area contributed by atoms with Crippen molar-refractivity contribution in [3.05, 3.63) is 47.5 Å². The zero-order chi connectivity index (χ0) is 24.9. The molecule has 0 aliphatic rings. The van der Waals surface area contributed by atoms with Crippen LogP contribution in [0.5, 0.6) is 0 Å². The Morgan fingerprint density at radius 1 is 1.03 bits per heavy atom. The third-order valence-corrected chi connectivity index (χ3v) is 5.98. The number of carboxylic acids is 1. The van der Waals surface area contributed by atoms with Gasteiger partial charge in [-0.1, -0.05) is 71.0 Å². The Morgan fingerprint density at radius 3 is 2.00 bits per heavy atom. The van der Waals surface area contributed by atoms with Crippen LogP contribution >= 0.6 is 0 Å². The molecule has 0 spiro atoms. The molecular weight excluding hydrogens is 406 g/mol. The zero-order valence-corrected chi connectivity index (χ0v) is 20.8. The molecule has 0 aromatic heterocycles. The van der Waals surface area contributed by atoms with E-state index in [-0.39, 0.29) is 17.4 Å². The number of benzene rings is 1. The highest BCUT2D eigenvalue weighted by molar-refractivity contribution is 5.91. The molecule has 0 radical (unpaired) electrons. The molecule has 0 saturated heterocycles. The summed E-state index contributed by atoms with van der Waals surface area (Å²) in [4.78, 5) is 39.4. The first-order valence-corrected chi connectivity index (χ1v) is 10.9. The third kappa shape index (κ3) is 6.66. The van der Waals surface area contributed by atoms with Crippen molar-refractivity contribution in [3.8, 4) is 0 Å². The summed E-state index contributed by atoms with van der Waals surface area (Å²) in [6, 6.07) is 7.97. The molecule has 0 heterocycles. The molecule has 32 heavy (non-hydrogen) atoms. The molecule has 0 unspecified atom stereocenters. The van der Waals surface area contributed by atoms with Gasteiger partial charge < -0.3 is 20.6 Å². The molecule has 0 aliphatic heterocycles. The van der Waals surface area contributed by atoms with Gasteiger partial charge in [0.1, 0.15) is 6.04 Å². The molecule has 178 valence electrons. The van der Waals surface area contributed by atoms with Crippen molar-refractivity contribution in [1.82, 2.24) is 15.5 Å². The highest BCUT2D eigenvalue weighted by atomic mass is 16.4. The molecule has 1 aromatic rings. The van der Waals surface area contributed by atoms with Gasteiger partial charge in [0.15, 0.2) is 0 Å². The van der Waals surface area contributed by atoms with Crippen LogP contribution < -0.4 is 10.6 Å². The number of amides is 2. The normalized spacial score (nSPS) is 15.5. The number of hydrogen-bond acceptors (Lipinski definition) is 4. The topological polar surface area (TPSA) is 98.7 Å². The van der Waals surface area contributed by atoms with Gasteiger partial charge in [-0.2, -0.15) is 0 Å². The van der Waals surface area contributed by atoms with Gasteiger partial charge in [0.2, 0.25) is 11.8 Å². The van der Waals surface area contributed by atoms with E-state index in [9.17, 15) is 14.4 Å². The first-order chi connectivity index (χ1) is 14.6. The predicted molar refractivity (Wildman–Crippen MR) is 127 cm³/mol. The highest BCUT2D eigenvalue weighted by Crippen LogP contribution is 2.28. The van der Waals surface area contributed by atoms with Crippen molar-refractivity contribution in [2.75, 3.05) is 14.1 Å². The van der Waals surface area contributed by atoms with Crippen molar-refractivity contribution in [3.63, 3.8) is 0 Å². The van der Waals surface area contributed by atoms with Crippen LogP contribution in [0.3, 0.4) is 0 Å². The zero-order valence-electron chi connectivity index (χ0n) is 20.8. The second-order valence-corrected chi connectivity index (χ2v) is 9.96. The Kier molecular flexibility index (Phi) is 9.21. The van der Waals surface area contributed by atoms with Gasteiger partial charge >= 0.3 is 5.97 Å². The lowest BCUT2D eigenvalue weighted by Gasteiger charge is -2.38. The van der Waals surface area contributed by atoms with Crippen LogP contribution in [0.1, 0.15) is 54.0 Å². The fraction of sp³-hybridized carbons (Fsp3) is 0.560. The number of rotatable bonds is 9. The van der Waals surface area contributed by atoms with E-state index >= 15 is 0 Å². The first-order valence-electron chi connectivity index (χ1n) is 10.9. The number of hydrogen-bond donors (Lipinski definition) is 3. The maximum Gasteiger partial charge on any atom is 0.331 e. The molecule has 0 saturated carbocycles. The van der Waals surface area contributed by atoms with Crippen LogP contribution in [0.15, 0.2) is 42.0 Å². The quantitative estimate of drug-likeness (QED) is 0.508. The highest BCUT2D eigenvalue weighted by Gasteiger charge is 2.41. The summed E-state index contributed by atoms with van der Waals surface area (Å²) in [5.74, 6) is -1.58. The Hall–Kier alpha value is -2.67. The number of carbonyl (C=O) groups excluding carboxylic acids is 2. The Labute approximate surface area is 192 Å². The Balaban J connectivity index is 3.18. The Bertz CT molecular complexity index is 840. The maximum absolute atomic E-state index is 13.4. The van der Waals surface area contributed by atoms with Crippen LogP contribution in [0, 0.1) is 5.41 Å². The Morgan fingerprint density at radius 2 is 1.56 bits per heavy atom. The fourth-order valence-electron chi connectivity index (χ4n) is 3.68. The summed E-state index contributed by atoms with van der Waals surface area (Å²) in [5, 5.41) is 15.2. The van der Waals surface area contributed by atoms with Crippen LogP contribution in [0.25, 0.3) is 0 Å². The third-order valence-electron chi connectivity index (χ3n) is 5.98. The lowest BCUT2D eigenvalue weighted by atomic mass is 9.76. The van der Waals surface area contributed by atoms with Gasteiger partial charge in [0.25, 0.3) is 0 Å². The monoisotopic (exact) mass is 445 g/mol. The number of aliphatic carboxylic acids is 1. The summed E-state index contributed by atoms with van der Waals surface area (Å²) in [6.07, 6.45) is 1.52. The maximum atomic E-state index is 13.4. The average Bonchev–Trinajstić information content (AvgIpc) is 2.70. The molecule has 0 bridgehead atoms. The number of carbonyl (C=O) groups is 3. The molecular formula is C25H39N3O4. The molecule has 7 heteroatoms. The second kappa shape index (κ2) is 10.8.